The fourth-order valence-corrected chi connectivity index (χ4v) is 3.54. The van der Waals surface area contributed by atoms with Gasteiger partial charge in [0, 0.05) is 18.1 Å². The largest absolute Gasteiger partial charge is 0.351 e. The third-order valence-electron chi connectivity index (χ3n) is 3.90. The molecule has 140 valence electrons. The highest BCUT2D eigenvalue weighted by molar-refractivity contribution is 7.99. The average Bonchev–Trinajstić information content (AvgIpc) is 3.03. The molecule has 1 amide bonds. The Morgan fingerprint density at radius 3 is 2.70 bits per heavy atom. The number of rotatable bonds is 8. The van der Waals surface area contributed by atoms with E-state index in [2.05, 4.69) is 15.5 Å². The van der Waals surface area contributed by atoms with Gasteiger partial charge in [-0.3, -0.25) is 9.36 Å². The quantitative estimate of drug-likeness (QED) is 0.568. The van der Waals surface area contributed by atoms with Gasteiger partial charge in [0.2, 0.25) is 5.91 Å². The molecule has 1 heterocycles. The Morgan fingerprint density at radius 2 is 1.93 bits per heavy atom. The van der Waals surface area contributed by atoms with Gasteiger partial charge in [0.25, 0.3) is 0 Å². The summed E-state index contributed by atoms with van der Waals surface area (Å²) in [5.41, 5.74) is 1.80. The number of aromatic amines is 1. The monoisotopic (exact) mass is 402 g/mol. The Balaban J connectivity index is 1.52. The molecule has 1 aromatic heterocycles. The van der Waals surface area contributed by atoms with Crippen molar-refractivity contribution in [3.63, 3.8) is 0 Å². The first-order valence-electron chi connectivity index (χ1n) is 8.45. The van der Waals surface area contributed by atoms with Crippen LogP contribution >= 0.6 is 23.4 Å². The minimum atomic E-state index is -0.271. The Labute approximate surface area is 165 Å². The molecule has 2 aromatic carbocycles. The van der Waals surface area contributed by atoms with Gasteiger partial charge in [-0.05, 0) is 29.7 Å². The average molecular weight is 403 g/mol. The molecule has 2 N–H and O–H groups in total. The molecule has 0 bridgehead atoms. The van der Waals surface area contributed by atoms with E-state index in [1.165, 1.54) is 11.8 Å². The van der Waals surface area contributed by atoms with E-state index >= 15 is 0 Å². The predicted molar refractivity (Wildman–Crippen MR) is 107 cm³/mol. The van der Waals surface area contributed by atoms with Crippen LogP contribution in [0, 0.1) is 0 Å². The molecule has 3 rings (SSSR count). The molecule has 0 radical (unpaired) electrons. The molecule has 0 spiro atoms. The van der Waals surface area contributed by atoms with Crippen LogP contribution < -0.4 is 11.0 Å². The van der Waals surface area contributed by atoms with Crippen molar-refractivity contribution in [3.8, 4) is 0 Å². The van der Waals surface area contributed by atoms with E-state index in [4.69, 9.17) is 11.6 Å². The number of hydrogen-bond acceptors (Lipinski definition) is 4. The minimum absolute atomic E-state index is 0.134. The molecule has 27 heavy (non-hydrogen) atoms. The third kappa shape index (κ3) is 5.74. The number of thioether (sulfide) groups is 1. The number of hydrogen-bond donors (Lipinski definition) is 2. The zero-order valence-electron chi connectivity index (χ0n) is 14.5. The number of aromatic nitrogens is 3. The van der Waals surface area contributed by atoms with Crippen molar-refractivity contribution in [1.29, 1.82) is 0 Å². The molecule has 0 fully saturated rings. The lowest BCUT2D eigenvalue weighted by atomic mass is 10.1. The van der Waals surface area contributed by atoms with Crippen LogP contribution in [0.1, 0.15) is 11.1 Å². The van der Waals surface area contributed by atoms with Crippen LogP contribution in [0.25, 0.3) is 0 Å². The fraction of sp³-hybridized carbons (Fsp3) is 0.211. The number of carbonyl (C=O) groups excluding carboxylic acids is 1. The van der Waals surface area contributed by atoms with Crippen LogP contribution in [0.4, 0.5) is 0 Å². The van der Waals surface area contributed by atoms with Crippen molar-refractivity contribution in [3.05, 3.63) is 81.2 Å². The summed E-state index contributed by atoms with van der Waals surface area (Å²) in [4.78, 5) is 24.0. The zero-order valence-corrected chi connectivity index (χ0v) is 16.1. The summed E-state index contributed by atoms with van der Waals surface area (Å²) in [6.07, 6.45) is 0.717. The van der Waals surface area contributed by atoms with Gasteiger partial charge >= 0.3 is 5.69 Å². The van der Waals surface area contributed by atoms with Crippen LogP contribution in [0.5, 0.6) is 0 Å². The number of amides is 1. The lowest BCUT2D eigenvalue weighted by molar-refractivity contribution is -0.118. The van der Waals surface area contributed by atoms with Crippen molar-refractivity contribution < 1.29 is 4.79 Å². The maximum Gasteiger partial charge on any atom is 0.343 e. The summed E-state index contributed by atoms with van der Waals surface area (Å²) in [6, 6.07) is 17.3. The highest BCUT2D eigenvalue weighted by Crippen LogP contribution is 2.14. The molecule has 0 saturated heterocycles. The number of H-pyrrole nitrogens is 1. The molecular formula is C19H19ClN4O2S. The van der Waals surface area contributed by atoms with Crippen molar-refractivity contribution >= 4 is 29.3 Å². The minimum Gasteiger partial charge on any atom is -0.351 e. The SMILES string of the molecule is O=C(CSc1n[nH]c(=O)n1CCc1ccccc1)NCc1cccc(Cl)c1. The molecule has 0 aliphatic rings. The van der Waals surface area contributed by atoms with Crippen LogP contribution in [0.3, 0.4) is 0 Å². The number of aryl methyl sites for hydroxylation is 1. The molecule has 3 aromatic rings. The molecule has 0 atom stereocenters. The maximum atomic E-state index is 12.1. The second-order valence-electron chi connectivity index (χ2n) is 5.89. The van der Waals surface area contributed by atoms with Gasteiger partial charge in [0.05, 0.1) is 5.75 Å². The summed E-state index contributed by atoms with van der Waals surface area (Å²) in [5.74, 6) is 0.0426. The Morgan fingerprint density at radius 1 is 1.15 bits per heavy atom. The number of benzene rings is 2. The Hall–Kier alpha value is -2.51. The highest BCUT2D eigenvalue weighted by Gasteiger charge is 2.11. The standard InChI is InChI=1S/C19H19ClN4O2S/c20-16-8-4-7-15(11-16)12-21-17(25)13-27-19-23-22-18(26)24(19)10-9-14-5-2-1-3-6-14/h1-8,11H,9-10,12-13H2,(H,21,25)(H,22,26). The van der Waals surface area contributed by atoms with Crippen LogP contribution in [-0.2, 0) is 24.3 Å². The molecule has 0 aliphatic heterocycles. The lowest BCUT2D eigenvalue weighted by Gasteiger charge is -2.07. The maximum absolute atomic E-state index is 12.1. The van der Waals surface area contributed by atoms with E-state index in [0.717, 1.165) is 17.5 Å². The van der Waals surface area contributed by atoms with Crippen molar-refractivity contribution in [1.82, 2.24) is 20.1 Å². The van der Waals surface area contributed by atoms with Crippen LogP contribution in [0.2, 0.25) is 5.02 Å². The van der Waals surface area contributed by atoms with E-state index in [1.54, 1.807) is 10.6 Å². The highest BCUT2D eigenvalue weighted by atomic mass is 35.5. The predicted octanol–water partition coefficient (Wildman–Crippen LogP) is 2.88. The van der Waals surface area contributed by atoms with Gasteiger partial charge < -0.3 is 5.32 Å². The number of carbonyl (C=O) groups is 1. The van der Waals surface area contributed by atoms with Gasteiger partial charge in [-0.2, -0.15) is 0 Å². The normalized spacial score (nSPS) is 10.7. The Bertz CT molecular complexity index is 956. The third-order valence-corrected chi connectivity index (χ3v) is 5.11. The summed E-state index contributed by atoms with van der Waals surface area (Å²) < 4.78 is 1.56. The summed E-state index contributed by atoms with van der Waals surface area (Å²) >= 11 is 7.17. The van der Waals surface area contributed by atoms with Crippen LogP contribution in [-0.4, -0.2) is 26.4 Å². The zero-order chi connectivity index (χ0) is 19.1. The van der Waals surface area contributed by atoms with E-state index in [1.807, 2.05) is 48.5 Å². The summed E-state index contributed by atoms with van der Waals surface area (Å²) in [6.45, 7) is 0.910. The number of halogens is 1. The van der Waals surface area contributed by atoms with Crippen LogP contribution in [0.15, 0.2) is 64.5 Å². The Kier molecular flexibility index (Phi) is 6.73. The van der Waals surface area contributed by atoms with E-state index in [-0.39, 0.29) is 17.3 Å². The van der Waals surface area contributed by atoms with Crippen molar-refractivity contribution in [2.75, 3.05) is 5.75 Å². The van der Waals surface area contributed by atoms with E-state index in [0.29, 0.717) is 23.3 Å². The topological polar surface area (TPSA) is 79.8 Å². The van der Waals surface area contributed by atoms with Gasteiger partial charge in [-0.1, -0.05) is 65.8 Å². The van der Waals surface area contributed by atoms with E-state index < -0.39 is 0 Å². The first kappa shape index (κ1) is 19.3. The fourth-order valence-electron chi connectivity index (χ4n) is 2.52. The van der Waals surface area contributed by atoms with Gasteiger partial charge in [-0.15, -0.1) is 5.10 Å². The molecule has 0 aliphatic carbocycles. The smallest absolute Gasteiger partial charge is 0.343 e. The first-order chi connectivity index (χ1) is 13.1. The number of nitrogens with one attached hydrogen (secondary N) is 2. The van der Waals surface area contributed by atoms with Crippen molar-refractivity contribution in [2.24, 2.45) is 0 Å². The second-order valence-corrected chi connectivity index (χ2v) is 7.27. The molecule has 8 heteroatoms. The summed E-state index contributed by atoms with van der Waals surface area (Å²) in [7, 11) is 0. The molecule has 6 nitrogen and oxygen atoms in total. The second kappa shape index (κ2) is 9.43. The molecular weight excluding hydrogens is 384 g/mol. The van der Waals surface area contributed by atoms with Gasteiger partial charge in [-0.25, -0.2) is 9.89 Å². The van der Waals surface area contributed by atoms with Gasteiger partial charge in [0.1, 0.15) is 0 Å². The van der Waals surface area contributed by atoms with E-state index in [9.17, 15) is 9.59 Å². The molecule has 0 saturated carbocycles. The summed E-state index contributed by atoms with van der Waals surface area (Å²) in [5, 5.41) is 10.5. The number of nitrogens with zero attached hydrogens (tertiary/aromatic N) is 2. The van der Waals surface area contributed by atoms with Gasteiger partial charge in [0.15, 0.2) is 5.16 Å². The lowest BCUT2D eigenvalue weighted by Crippen LogP contribution is -2.25. The van der Waals surface area contributed by atoms with Crippen molar-refractivity contribution in [2.45, 2.75) is 24.7 Å². The molecule has 0 unspecified atom stereocenters. The first-order valence-corrected chi connectivity index (χ1v) is 9.81.